The Kier molecular flexibility index (Phi) is 5.39. The van der Waals surface area contributed by atoms with Crippen LogP contribution < -0.4 is 5.32 Å². The number of nitrogens with one attached hydrogen (secondary N) is 1. The Hall–Kier alpha value is -2.24. The summed E-state index contributed by atoms with van der Waals surface area (Å²) in [6.45, 7) is 1.29. The number of aliphatic hydroxyl groups is 3. The molecule has 1 aliphatic carbocycles. The largest absolute Gasteiger partial charge is 0.389 e. The van der Waals surface area contributed by atoms with E-state index in [0.29, 0.717) is 0 Å². The van der Waals surface area contributed by atoms with Crippen LogP contribution in [-0.4, -0.2) is 27.8 Å². The van der Waals surface area contributed by atoms with Crippen molar-refractivity contribution in [2.24, 2.45) is 5.92 Å². The highest BCUT2D eigenvalue weighted by Gasteiger charge is 2.45. The van der Waals surface area contributed by atoms with Crippen LogP contribution in [0.5, 0.6) is 0 Å². The van der Waals surface area contributed by atoms with Gasteiger partial charge in [-0.1, -0.05) is 85.8 Å². The lowest BCUT2D eigenvalue weighted by Crippen LogP contribution is -2.60. The molecule has 0 saturated carbocycles. The fourth-order valence-electron chi connectivity index (χ4n) is 3.67. The smallest absolute Gasteiger partial charge is 0.248 e. The third-order valence-electron chi connectivity index (χ3n) is 4.89. The molecular weight excluding hydrogens is 326 g/mol. The van der Waals surface area contributed by atoms with Gasteiger partial charge in [-0.25, -0.2) is 5.32 Å². The highest BCUT2D eigenvalue weighted by atomic mass is 16.5. The first kappa shape index (κ1) is 18.5. The number of hydrogen-bond acceptors (Lipinski definition) is 4. The first-order valence-electron chi connectivity index (χ1n) is 8.83. The molecule has 0 bridgehead atoms. The number of hydrogen-bond donors (Lipinski definition) is 4. The number of aliphatic hydroxyl groups excluding tert-OH is 1. The predicted octanol–water partition coefficient (Wildman–Crippen LogP) is 2.67. The third kappa shape index (κ3) is 3.50. The highest BCUT2D eigenvalue weighted by Crippen LogP contribution is 2.43. The Bertz CT molecular complexity index is 742. The lowest BCUT2D eigenvalue weighted by Gasteiger charge is -2.44. The molecule has 2 aromatic carbocycles. The zero-order valence-electron chi connectivity index (χ0n) is 14.8. The van der Waals surface area contributed by atoms with Crippen molar-refractivity contribution in [2.75, 3.05) is 6.61 Å². The second-order valence-corrected chi connectivity index (χ2v) is 6.77. The minimum absolute atomic E-state index is 0.183. The Balaban J connectivity index is 2.31. The maximum atomic E-state index is 10.3. The molecule has 2 aromatic rings. The summed E-state index contributed by atoms with van der Waals surface area (Å²) in [5.41, 5.74) is 1.78. The van der Waals surface area contributed by atoms with Crippen molar-refractivity contribution in [3.8, 4) is 0 Å². The van der Waals surface area contributed by atoms with Crippen molar-refractivity contribution >= 4 is 0 Å². The lowest BCUT2D eigenvalue weighted by molar-refractivity contribution is -0.219. The van der Waals surface area contributed by atoms with Crippen molar-refractivity contribution in [3.05, 3.63) is 95.6 Å². The average molecular weight is 351 g/mol. The first-order chi connectivity index (χ1) is 12.5. The first-order valence-corrected chi connectivity index (χ1v) is 8.83. The Morgan fingerprint density at radius 3 is 1.96 bits per heavy atom. The molecular formula is C22H25NO3. The number of allylic oxidation sites excluding steroid dienone is 3. The van der Waals surface area contributed by atoms with Gasteiger partial charge in [0.15, 0.2) is 0 Å². The summed E-state index contributed by atoms with van der Waals surface area (Å²) in [5.74, 6) is -2.25. The van der Waals surface area contributed by atoms with Crippen LogP contribution in [0, 0.1) is 5.92 Å². The summed E-state index contributed by atoms with van der Waals surface area (Å²) in [5, 5.41) is 33.2. The number of benzene rings is 2. The molecule has 4 nitrogen and oxygen atoms in total. The van der Waals surface area contributed by atoms with Gasteiger partial charge in [0.25, 0.3) is 0 Å². The second-order valence-electron chi connectivity index (χ2n) is 6.77. The average Bonchev–Trinajstić information content (AvgIpc) is 2.68. The number of rotatable bonds is 6. The van der Waals surface area contributed by atoms with Gasteiger partial charge in [0.05, 0.1) is 5.54 Å². The van der Waals surface area contributed by atoms with Crippen molar-refractivity contribution in [3.63, 3.8) is 0 Å². The summed E-state index contributed by atoms with van der Waals surface area (Å²) in [6, 6.07) is 19.4. The van der Waals surface area contributed by atoms with E-state index in [1.807, 2.05) is 72.8 Å². The minimum atomic E-state index is -2.44. The van der Waals surface area contributed by atoms with Gasteiger partial charge >= 0.3 is 0 Å². The molecule has 0 fully saturated rings. The SMILES string of the molecule is CC1CC=CC=C1C(NC(O)(O)CO)(c1ccccc1)c1ccccc1. The molecule has 26 heavy (non-hydrogen) atoms. The fraction of sp³-hybridized carbons (Fsp3) is 0.273. The van der Waals surface area contributed by atoms with Crippen LogP contribution in [0.1, 0.15) is 24.5 Å². The monoisotopic (exact) mass is 351 g/mol. The maximum absolute atomic E-state index is 10.3. The van der Waals surface area contributed by atoms with E-state index in [1.165, 1.54) is 0 Å². The highest BCUT2D eigenvalue weighted by molar-refractivity contribution is 5.50. The van der Waals surface area contributed by atoms with Crippen LogP contribution in [0.3, 0.4) is 0 Å². The van der Waals surface area contributed by atoms with E-state index in [1.54, 1.807) is 0 Å². The molecule has 0 radical (unpaired) electrons. The second kappa shape index (κ2) is 7.56. The zero-order valence-corrected chi connectivity index (χ0v) is 14.8. The van der Waals surface area contributed by atoms with Crippen molar-refractivity contribution in [2.45, 2.75) is 24.8 Å². The van der Waals surface area contributed by atoms with Gasteiger partial charge in [-0.15, -0.1) is 0 Å². The van der Waals surface area contributed by atoms with E-state index in [0.717, 1.165) is 23.1 Å². The van der Waals surface area contributed by atoms with Crippen LogP contribution in [-0.2, 0) is 5.54 Å². The molecule has 0 heterocycles. The van der Waals surface area contributed by atoms with Crippen LogP contribution in [0.15, 0.2) is 84.5 Å². The molecule has 3 rings (SSSR count). The predicted molar refractivity (Wildman–Crippen MR) is 102 cm³/mol. The Morgan fingerprint density at radius 2 is 1.50 bits per heavy atom. The van der Waals surface area contributed by atoms with Gasteiger partial charge in [0.2, 0.25) is 5.91 Å². The summed E-state index contributed by atoms with van der Waals surface area (Å²) in [6.07, 6.45) is 6.98. The molecule has 1 atom stereocenters. The van der Waals surface area contributed by atoms with E-state index >= 15 is 0 Å². The molecule has 4 heteroatoms. The van der Waals surface area contributed by atoms with Gasteiger partial charge < -0.3 is 15.3 Å². The van der Waals surface area contributed by atoms with Crippen LogP contribution in [0.2, 0.25) is 0 Å². The van der Waals surface area contributed by atoms with E-state index in [-0.39, 0.29) is 5.92 Å². The van der Waals surface area contributed by atoms with E-state index in [4.69, 9.17) is 0 Å². The van der Waals surface area contributed by atoms with Gasteiger partial charge in [-0.05, 0) is 29.0 Å². The van der Waals surface area contributed by atoms with Gasteiger partial charge in [0, 0.05) is 0 Å². The summed E-state index contributed by atoms with van der Waals surface area (Å²) < 4.78 is 0. The minimum Gasteiger partial charge on any atom is -0.389 e. The van der Waals surface area contributed by atoms with Crippen molar-refractivity contribution < 1.29 is 15.3 Å². The van der Waals surface area contributed by atoms with Gasteiger partial charge in [0.1, 0.15) is 6.61 Å². The summed E-state index contributed by atoms with van der Waals surface area (Å²) in [7, 11) is 0. The Morgan fingerprint density at radius 1 is 0.962 bits per heavy atom. The topological polar surface area (TPSA) is 72.7 Å². The quantitative estimate of drug-likeness (QED) is 0.604. The van der Waals surface area contributed by atoms with E-state index in [9.17, 15) is 15.3 Å². The molecule has 0 spiro atoms. The van der Waals surface area contributed by atoms with Crippen LogP contribution in [0.25, 0.3) is 0 Å². The fourth-order valence-corrected chi connectivity index (χ4v) is 3.67. The lowest BCUT2D eigenvalue weighted by atomic mass is 9.70. The molecule has 1 unspecified atom stereocenters. The van der Waals surface area contributed by atoms with Gasteiger partial charge in [-0.2, -0.15) is 0 Å². The van der Waals surface area contributed by atoms with Gasteiger partial charge in [-0.3, -0.25) is 0 Å². The van der Waals surface area contributed by atoms with Crippen molar-refractivity contribution in [1.82, 2.24) is 5.32 Å². The molecule has 0 saturated heterocycles. The molecule has 1 aliphatic rings. The van der Waals surface area contributed by atoms with E-state index < -0.39 is 18.1 Å². The normalized spacial score (nSPS) is 17.8. The molecule has 0 aliphatic heterocycles. The molecule has 0 aromatic heterocycles. The third-order valence-corrected chi connectivity index (χ3v) is 4.89. The summed E-state index contributed by atoms with van der Waals surface area (Å²) >= 11 is 0. The van der Waals surface area contributed by atoms with Crippen LogP contribution >= 0.6 is 0 Å². The zero-order chi connectivity index (χ0) is 18.6. The Labute approximate surface area is 154 Å². The molecule has 0 amide bonds. The van der Waals surface area contributed by atoms with Crippen LogP contribution in [0.4, 0.5) is 0 Å². The van der Waals surface area contributed by atoms with E-state index in [2.05, 4.69) is 18.3 Å². The van der Waals surface area contributed by atoms with Crippen molar-refractivity contribution in [1.29, 1.82) is 0 Å². The summed E-state index contributed by atoms with van der Waals surface area (Å²) in [4.78, 5) is 0. The maximum Gasteiger partial charge on any atom is 0.248 e. The molecule has 136 valence electrons. The molecule has 4 N–H and O–H groups in total. The standard InChI is InChI=1S/C22H25NO3/c1-17-10-8-9-15-20(17)22(23-21(25,26)16-24,18-11-4-2-5-12-18)19-13-6-3-7-14-19/h2-9,11-15,17,23-26H,10,16H2,1H3.